The van der Waals surface area contributed by atoms with Crippen molar-refractivity contribution in [1.29, 1.82) is 0 Å². The standard InChI is InChI=1S/C14H22N2O/c1-4-6-13(15)14(17)16-12-8-7-11(5-2)10(3)9-12/h7-9,13H,4-6,15H2,1-3H3,(H,16,17). The molecule has 1 atom stereocenters. The Morgan fingerprint density at radius 3 is 2.65 bits per heavy atom. The summed E-state index contributed by atoms with van der Waals surface area (Å²) in [5.41, 5.74) is 9.10. The van der Waals surface area contributed by atoms with Crippen LogP contribution in [0.1, 0.15) is 37.8 Å². The maximum atomic E-state index is 11.7. The molecule has 0 saturated heterocycles. The molecule has 0 saturated carbocycles. The van der Waals surface area contributed by atoms with Crippen LogP contribution in [0.25, 0.3) is 0 Å². The highest BCUT2D eigenvalue weighted by atomic mass is 16.2. The molecule has 0 heterocycles. The van der Waals surface area contributed by atoms with Gasteiger partial charge in [0, 0.05) is 5.69 Å². The number of amides is 1. The Morgan fingerprint density at radius 2 is 2.12 bits per heavy atom. The van der Waals surface area contributed by atoms with Crippen LogP contribution in [0.2, 0.25) is 0 Å². The number of hydrogen-bond acceptors (Lipinski definition) is 2. The molecule has 94 valence electrons. The summed E-state index contributed by atoms with van der Waals surface area (Å²) in [6.45, 7) is 6.20. The Hall–Kier alpha value is -1.35. The van der Waals surface area contributed by atoms with Crippen molar-refractivity contribution >= 4 is 11.6 Å². The smallest absolute Gasteiger partial charge is 0.241 e. The largest absolute Gasteiger partial charge is 0.325 e. The molecule has 0 spiro atoms. The molecule has 3 N–H and O–H groups in total. The quantitative estimate of drug-likeness (QED) is 0.823. The Bertz CT molecular complexity index is 388. The predicted molar refractivity (Wildman–Crippen MR) is 72.1 cm³/mol. The third-order valence-corrected chi connectivity index (χ3v) is 2.93. The predicted octanol–water partition coefficient (Wildman–Crippen LogP) is 2.62. The maximum Gasteiger partial charge on any atom is 0.241 e. The monoisotopic (exact) mass is 234 g/mol. The van der Waals surface area contributed by atoms with Gasteiger partial charge in [-0.15, -0.1) is 0 Å². The van der Waals surface area contributed by atoms with Crippen molar-refractivity contribution < 1.29 is 4.79 Å². The molecular weight excluding hydrogens is 212 g/mol. The summed E-state index contributed by atoms with van der Waals surface area (Å²) in [4.78, 5) is 11.7. The molecule has 1 aromatic carbocycles. The van der Waals surface area contributed by atoms with Crippen molar-refractivity contribution in [3.8, 4) is 0 Å². The minimum Gasteiger partial charge on any atom is -0.325 e. The van der Waals surface area contributed by atoms with Crippen molar-refractivity contribution in [3.63, 3.8) is 0 Å². The molecule has 0 aliphatic carbocycles. The highest BCUT2D eigenvalue weighted by molar-refractivity contribution is 5.94. The zero-order valence-corrected chi connectivity index (χ0v) is 10.9. The molecule has 3 nitrogen and oxygen atoms in total. The topological polar surface area (TPSA) is 55.1 Å². The van der Waals surface area contributed by atoms with Gasteiger partial charge < -0.3 is 11.1 Å². The van der Waals surface area contributed by atoms with Crippen molar-refractivity contribution in [2.24, 2.45) is 5.73 Å². The average molecular weight is 234 g/mol. The van der Waals surface area contributed by atoms with Gasteiger partial charge >= 0.3 is 0 Å². The lowest BCUT2D eigenvalue weighted by Crippen LogP contribution is -2.35. The van der Waals surface area contributed by atoms with Gasteiger partial charge in [0.1, 0.15) is 0 Å². The molecule has 0 aliphatic rings. The summed E-state index contributed by atoms with van der Waals surface area (Å²) < 4.78 is 0. The summed E-state index contributed by atoms with van der Waals surface area (Å²) in [5, 5.41) is 2.85. The number of aryl methyl sites for hydroxylation is 2. The van der Waals surface area contributed by atoms with Gasteiger partial charge in [0.2, 0.25) is 5.91 Å². The van der Waals surface area contributed by atoms with E-state index >= 15 is 0 Å². The van der Waals surface area contributed by atoms with E-state index in [0.29, 0.717) is 0 Å². The normalized spacial score (nSPS) is 12.2. The van der Waals surface area contributed by atoms with Gasteiger partial charge in [-0.1, -0.05) is 26.3 Å². The molecule has 0 aliphatic heterocycles. The zero-order chi connectivity index (χ0) is 12.8. The fourth-order valence-corrected chi connectivity index (χ4v) is 1.85. The van der Waals surface area contributed by atoms with E-state index in [9.17, 15) is 4.79 Å². The van der Waals surface area contributed by atoms with E-state index in [1.807, 2.05) is 19.1 Å². The third kappa shape index (κ3) is 3.86. The molecule has 0 radical (unpaired) electrons. The third-order valence-electron chi connectivity index (χ3n) is 2.93. The Labute approximate surface area is 103 Å². The first kappa shape index (κ1) is 13.7. The number of nitrogens with one attached hydrogen (secondary N) is 1. The Morgan fingerprint density at radius 1 is 1.41 bits per heavy atom. The number of rotatable bonds is 5. The summed E-state index contributed by atoms with van der Waals surface area (Å²) in [7, 11) is 0. The van der Waals surface area contributed by atoms with Crippen molar-refractivity contribution in [2.75, 3.05) is 5.32 Å². The molecule has 17 heavy (non-hydrogen) atoms. The number of anilines is 1. The zero-order valence-electron chi connectivity index (χ0n) is 10.9. The minimum absolute atomic E-state index is 0.101. The molecule has 1 rings (SSSR count). The van der Waals surface area contributed by atoms with Crippen LogP contribution in [-0.4, -0.2) is 11.9 Å². The lowest BCUT2D eigenvalue weighted by molar-refractivity contribution is -0.117. The van der Waals surface area contributed by atoms with Gasteiger partial charge in [-0.05, 0) is 43.0 Å². The summed E-state index contributed by atoms with van der Waals surface area (Å²) >= 11 is 0. The van der Waals surface area contributed by atoms with E-state index in [2.05, 4.69) is 25.2 Å². The number of carbonyl (C=O) groups excluding carboxylic acids is 1. The minimum atomic E-state index is -0.411. The maximum absolute atomic E-state index is 11.7. The summed E-state index contributed by atoms with van der Waals surface area (Å²) in [6.07, 6.45) is 2.65. The van der Waals surface area contributed by atoms with Crippen molar-refractivity contribution in [1.82, 2.24) is 0 Å². The van der Waals surface area contributed by atoms with Crippen LogP contribution >= 0.6 is 0 Å². The van der Waals surface area contributed by atoms with Gasteiger partial charge in [0.15, 0.2) is 0 Å². The van der Waals surface area contributed by atoms with E-state index in [0.717, 1.165) is 24.9 Å². The van der Waals surface area contributed by atoms with Crippen LogP contribution in [0.4, 0.5) is 5.69 Å². The van der Waals surface area contributed by atoms with Gasteiger partial charge in [0.25, 0.3) is 0 Å². The van der Waals surface area contributed by atoms with Crippen LogP contribution in [0, 0.1) is 6.92 Å². The number of benzene rings is 1. The van der Waals surface area contributed by atoms with E-state index < -0.39 is 6.04 Å². The van der Waals surface area contributed by atoms with Gasteiger partial charge in [-0.3, -0.25) is 4.79 Å². The molecule has 3 heteroatoms. The molecule has 1 aromatic rings. The molecule has 1 amide bonds. The van der Waals surface area contributed by atoms with E-state index in [1.165, 1.54) is 11.1 Å². The first-order valence-electron chi connectivity index (χ1n) is 6.24. The van der Waals surface area contributed by atoms with Gasteiger partial charge in [-0.2, -0.15) is 0 Å². The van der Waals surface area contributed by atoms with Crippen LogP contribution in [0.15, 0.2) is 18.2 Å². The molecule has 1 unspecified atom stereocenters. The Balaban J connectivity index is 2.69. The van der Waals surface area contributed by atoms with Gasteiger partial charge in [-0.25, -0.2) is 0 Å². The molecule has 0 bridgehead atoms. The first-order chi connectivity index (χ1) is 8.08. The summed E-state index contributed by atoms with van der Waals surface area (Å²) in [5.74, 6) is -0.101. The number of hydrogen-bond donors (Lipinski definition) is 2. The summed E-state index contributed by atoms with van der Waals surface area (Å²) in [6, 6.07) is 5.57. The fraction of sp³-hybridized carbons (Fsp3) is 0.500. The number of carbonyl (C=O) groups is 1. The second kappa shape index (κ2) is 6.40. The molecule has 0 aromatic heterocycles. The van der Waals surface area contributed by atoms with Crippen molar-refractivity contribution in [3.05, 3.63) is 29.3 Å². The SMILES string of the molecule is CCCC(N)C(=O)Nc1ccc(CC)c(C)c1. The first-order valence-corrected chi connectivity index (χ1v) is 6.24. The highest BCUT2D eigenvalue weighted by Gasteiger charge is 2.12. The van der Waals surface area contributed by atoms with Crippen LogP contribution in [0.3, 0.4) is 0 Å². The fourth-order valence-electron chi connectivity index (χ4n) is 1.85. The molecule has 0 fully saturated rings. The van der Waals surface area contributed by atoms with E-state index in [-0.39, 0.29) is 5.91 Å². The van der Waals surface area contributed by atoms with Crippen LogP contribution in [0.5, 0.6) is 0 Å². The lowest BCUT2D eigenvalue weighted by atomic mass is 10.1. The Kier molecular flexibility index (Phi) is 5.16. The average Bonchev–Trinajstić information content (AvgIpc) is 2.29. The highest BCUT2D eigenvalue weighted by Crippen LogP contribution is 2.16. The number of nitrogens with two attached hydrogens (primary N) is 1. The van der Waals surface area contributed by atoms with E-state index in [1.54, 1.807) is 0 Å². The molecular formula is C14H22N2O. The second-order valence-corrected chi connectivity index (χ2v) is 4.38. The van der Waals surface area contributed by atoms with Crippen LogP contribution in [-0.2, 0) is 11.2 Å². The van der Waals surface area contributed by atoms with Gasteiger partial charge in [0.05, 0.1) is 6.04 Å². The second-order valence-electron chi connectivity index (χ2n) is 4.38. The van der Waals surface area contributed by atoms with E-state index in [4.69, 9.17) is 5.73 Å². The van der Waals surface area contributed by atoms with Crippen LogP contribution < -0.4 is 11.1 Å². The van der Waals surface area contributed by atoms with Crippen molar-refractivity contribution in [2.45, 2.75) is 46.1 Å². The lowest BCUT2D eigenvalue weighted by Gasteiger charge is -2.12.